The third kappa shape index (κ3) is 4.99. The van der Waals surface area contributed by atoms with E-state index in [-0.39, 0.29) is 23.5 Å². The number of hydrogen-bond acceptors (Lipinski definition) is 7. The molecule has 3 rings (SSSR count). The predicted octanol–water partition coefficient (Wildman–Crippen LogP) is 0.408. The fourth-order valence-corrected chi connectivity index (χ4v) is 4.43. The molecule has 0 radical (unpaired) electrons. The number of amides is 2. The standard InChI is InChI=1S/C15H19N5O4S/c21-15(18-9-11-5-8-25(22,23)10-11)17-7-4-13-19-14(20-24-13)12-3-1-2-6-16-12/h1-3,6,11H,4-5,7-10H2,(H2,17,18,21). The summed E-state index contributed by atoms with van der Waals surface area (Å²) < 4.78 is 27.9. The van der Waals surface area contributed by atoms with E-state index in [0.29, 0.717) is 43.3 Å². The maximum absolute atomic E-state index is 11.7. The fourth-order valence-electron chi connectivity index (χ4n) is 2.57. The van der Waals surface area contributed by atoms with Gasteiger partial charge in [0.15, 0.2) is 9.84 Å². The number of pyridine rings is 1. The minimum Gasteiger partial charge on any atom is -0.339 e. The van der Waals surface area contributed by atoms with Crippen LogP contribution in [0.1, 0.15) is 12.3 Å². The van der Waals surface area contributed by atoms with Crippen molar-refractivity contribution in [2.24, 2.45) is 5.92 Å². The zero-order valence-corrected chi connectivity index (χ0v) is 14.3. The van der Waals surface area contributed by atoms with Crippen LogP contribution >= 0.6 is 0 Å². The van der Waals surface area contributed by atoms with Gasteiger partial charge in [0.2, 0.25) is 11.7 Å². The molecule has 2 aromatic rings. The summed E-state index contributed by atoms with van der Waals surface area (Å²) in [5, 5.41) is 9.22. The Bertz CT molecular complexity index is 821. The number of aromatic nitrogens is 3. The van der Waals surface area contributed by atoms with Gasteiger partial charge in [-0.05, 0) is 24.5 Å². The Labute approximate surface area is 145 Å². The fraction of sp³-hybridized carbons (Fsp3) is 0.467. The predicted molar refractivity (Wildman–Crippen MR) is 89.4 cm³/mol. The highest BCUT2D eigenvalue weighted by atomic mass is 32.2. The summed E-state index contributed by atoms with van der Waals surface area (Å²) in [6.45, 7) is 0.689. The van der Waals surface area contributed by atoms with Crippen LogP contribution in [0, 0.1) is 5.92 Å². The van der Waals surface area contributed by atoms with Crippen LogP contribution in [-0.2, 0) is 16.3 Å². The Morgan fingerprint density at radius 1 is 1.32 bits per heavy atom. The Hall–Kier alpha value is -2.49. The highest BCUT2D eigenvalue weighted by Crippen LogP contribution is 2.17. The topological polar surface area (TPSA) is 127 Å². The van der Waals surface area contributed by atoms with Crippen molar-refractivity contribution in [3.63, 3.8) is 0 Å². The molecule has 1 saturated heterocycles. The van der Waals surface area contributed by atoms with Crippen molar-refractivity contribution in [1.29, 1.82) is 0 Å². The zero-order chi connectivity index (χ0) is 17.7. The van der Waals surface area contributed by atoms with Gasteiger partial charge in [-0.2, -0.15) is 4.98 Å². The van der Waals surface area contributed by atoms with Gasteiger partial charge in [0.25, 0.3) is 0 Å². The van der Waals surface area contributed by atoms with Gasteiger partial charge < -0.3 is 15.2 Å². The van der Waals surface area contributed by atoms with Crippen molar-refractivity contribution in [2.75, 3.05) is 24.6 Å². The summed E-state index contributed by atoms with van der Waals surface area (Å²) in [4.78, 5) is 20.1. The molecule has 2 N–H and O–H groups in total. The number of nitrogens with one attached hydrogen (secondary N) is 2. The molecule has 0 saturated carbocycles. The first kappa shape index (κ1) is 17.3. The van der Waals surface area contributed by atoms with Gasteiger partial charge >= 0.3 is 6.03 Å². The molecule has 1 aliphatic rings. The first-order valence-electron chi connectivity index (χ1n) is 7.98. The molecule has 1 atom stereocenters. The third-order valence-corrected chi connectivity index (χ3v) is 5.70. The molecular weight excluding hydrogens is 346 g/mol. The Balaban J connectivity index is 1.38. The maximum Gasteiger partial charge on any atom is 0.314 e. The molecule has 3 heterocycles. The van der Waals surface area contributed by atoms with Crippen LogP contribution in [0.3, 0.4) is 0 Å². The molecule has 1 aliphatic heterocycles. The summed E-state index contributed by atoms with van der Waals surface area (Å²) in [5.41, 5.74) is 0.620. The molecule has 0 aromatic carbocycles. The normalized spacial score (nSPS) is 18.8. The molecule has 2 amide bonds. The van der Waals surface area contributed by atoms with Crippen molar-refractivity contribution >= 4 is 15.9 Å². The molecule has 1 unspecified atom stereocenters. The van der Waals surface area contributed by atoms with Gasteiger partial charge in [-0.3, -0.25) is 4.98 Å². The van der Waals surface area contributed by atoms with E-state index >= 15 is 0 Å². The smallest absolute Gasteiger partial charge is 0.314 e. The molecule has 10 heteroatoms. The number of carbonyl (C=O) groups excluding carboxylic acids is 1. The molecular formula is C15H19N5O4S. The first-order valence-corrected chi connectivity index (χ1v) is 9.80. The monoisotopic (exact) mass is 365 g/mol. The molecule has 1 fully saturated rings. The lowest BCUT2D eigenvalue weighted by atomic mass is 10.1. The molecule has 0 aliphatic carbocycles. The first-order chi connectivity index (χ1) is 12.0. The number of carbonyl (C=O) groups is 1. The number of sulfone groups is 1. The van der Waals surface area contributed by atoms with Gasteiger partial charge in [-0.15, -0.1) is 0 Å². The Morgan fingerprint density at radius 3 is 2.92 bits per heavy atom. The van der Waals surface area contributed by atoms with E-state index in [4.69, 9.17) is 4.52 Å². The molecule has 0 bridgehead atoms. The number of urea groups is 1. The second-order valence-electron chi connectivity index (χ2n) is 5.88. The van der Waals surface area contributed by atoms with Gasteiger partial charge in [0.05, 0.1) is 11.5 Å². The second-order valence-corrected chi connectivity index (χ2v) is 8.11. The minimum atomic E-state index is -2.92. The second kappa shape index (κ2) is 7.60. The molecule has 2 aromatic heterocycles. The van der Waals surface area contributed by atoms with E-state index in [1.165, 1.54) is 0 Å². The van der Waals surface area contributed by atoms with Crippen LogP contribution in [0.25, 0.3) is 11.5 Å². The van der Waals surface area contributed by atoms with E-state index in [1.807, 2.05) is 6.07 Å². The van der Waals surface area contributed by atoms with Crippen LogP contribution < -0.4 is 10.6 Å². The van der Waals surface area contributed by atoms with Crippen LogP contribution in [0.15, 0.2) is 28.9 Å². The van der Waals surface area contributed by atoms with Crippen molar-refractivity contribution in [3.05, 3.63) is 30.3 Å². The van der Waals surface area contributed by atoms with E-state index in [9.17, 15) is 13.2 Å². The SMILES string of the molecule is O=C(NCCc1nc(-c2ccccn2)no1)NCC1CCS(=O)(=O)C1. The summed E-state index contributed by atoms with van der Waals surface area (Å²) >= 11 is 0. The zero-order valence-electron chi connectivity index (χ0n) is 13.5. The van der Waals surface area contributed by atoms with Crippen molar-refractivity contribution in [2.45, 2.75) is 12.8 Å². The van der Waals surface area contributed by atoms with E-state index in [2.05, 4.69) is 25.8 Å². The largest absolute Gasteiger partial charge is 0.339 e. The lowest BCUT2D eigenvalue weighted by Crippen LogP contribution is -2.39. The van der Waals surface area contributed by atoms with Crippen molar-refractivity contribution in [3.8, 4) is 11.5 Å². The average Bonchev–Trinajstić information content (AvgIpc) is 3.20. The summed E-state index contributed by atoms with van der Waals surface area (Å²) in [6, 6.07) is 5.07. The number of rotatable bonds is 6. The maximum atomic E-state index is 11.7. The van der Waals surface area contributed by atoms with Crippen LogP contribution in [0.2, 0.25) is 0 Å². The van der Waals surface area contributed by atoms with Crippen LogP contribution in [0.5, 0.6) is 0 Å². The van der Waals surface area contributed by atoms with E-state index in [0.717, 1.165) is 0 Å². The number of nitrogens with zero attached hydrogens (tertiary/aromatic N) is 3. The van der Waals surface area contributed by atoms with E-state index < -0.39 is 9.84 Å². The average molecular weight is 365 g/mol. The molecule has 0 spiro atoms. The Kier molecular flexibility index (Phi) is 5.27. The number of hydrogen-bond donors (Lipinski definition) is 2. The summed E-state index contributed by atoms with van der Waals surface area (Å²) in [6.07, 6.45) is 2.64. The van der Waals surface area contributed by atoms with Gasteiger partial charge in [0, 0.05) is 25.7 Å². The minimum absolute atomic E-state index is 0.00683. The van der Waals surface area contributed by atoms with E-state index in [1.54, 1.807) is 18.3 Å². The molecule has 9 nitrogen and oxygen atoms in total. The van der Waals surface area contributed by atoms with Crippen LogP contribution in [0.4, 0.5) is 4.79 Å². The third-order valence-electron chi connectivity index (χ3n) is 3.86. The quantitative estimate of drug-likeness (QED) is 0.759. The lowest BCUT2D eigenvalue weighted by molar-refractivity contribution is 0.239. The van der Waals surface area contributed by atoms with Gasteiger partial charge in [0.1, 0.15) is 5.69 Å². The lowest BCUT2D eigenvalue weighted by Gasteiger charge is -2.10. The van der Waals surface area contributed by atoms with Gasteiger partial charge in [-0.25, -0.2) is 13.2 Å². The Morgan fingerprint density at radius 2 is 2.20 bits per heavy atom. The highest BCUT2D eigenvalue weighted by Gasteiger charge is 2.27. The van der Waals surface area contributed by atoms with Crippen molar-refractivity contribution in [1.82, 2.24) is 25.8 Å². The highest BCUT2D eigenvalue weighted by molar-refractivity contribution is 7.91. The summed E-state index contributed by atoms with van der Waals surface area (Å²) in [5.74, 6) is 1.15. The van der Waals surface area contributed by atoms with Gasteiger partial charge in [-0.1, -0.05) is 11.2 Å². The molecule has 134 valence electrons. The summed E-state index contributed by atoms with van der Waals surface area (Å²) in [7, 11) is -2.92. The molecule has 25 heavy (non-hydrogen) atoms. The van der Waals surface area contributed by atoms with Crippen LogP contribution in [-0.4, -0.2) is 54.2 Å². The van der Waals surface area contributed by atoms with Crippen molar-refractivity contribution < 1.29 is 17.7 Å².